The molecule has 0 spiro atoms. The summed E-state index contributed by atoms with van der Waals surface area (Å²) in [5.41, 5.74) is 2.65. The summed E-state index contributed by atoms with van der Waals surface area (Å²) in [4.78, 5) is 23.5. The largest absolute Gasteiger partial charge is 0.411 e. The van der Waals surface area contributed by atoms with Gasteiger partial charge in [-0.3, -0.25) is 9.69 Å². The summed E-state index contributed by atoms with van der Waals surface area (Å²) in [6, 6.07) is 3.98. The number of aryl methyl sites for hydroxylation is 4. The lowest BCUT2D eigenvalue weighted by atomic mass is 9.95. The maximum atomic E-state index is 13.2. The zero-order chi connectivity index (χ0) is 20.1. The van der Waals surface area contributed by atoms with Crippen LogP contribution in [0.5, 0.6) is 0 Å². The van der Waals surface area contributed by atoms with Crippen molar-refractivity contribution in [1.82, 2.24) is 9.97 Å². The van der Waals surface area contributed by atoms with E-state index in [0.29, 0.717) is 35.2 Å². The quantitative estimate of drug-likeness (QED) is 0.492. The number of oxime groups is 1. The van der Waals surface area contributed by atoms with Crippen LogP contribution >= 0.6 is 0 Å². The van der Waals surface area contributed by atoms with Crippen molar-refractivity contribution >= 4 is 23.1 Å². The molecule has 1 aromatic heterocycles. The summed E-state index contributed by atoms with van der Waals surface area (Å²) in [6.45, 7) is 10.8. The molecule has 0 saturated heterocycles. The van der Waals surface area contributed by atoms with E-state index in [0.717, 1.165) is 16.7 Å². The molecule has 3 rings (SSSR count). The number of nitrogens with zero attached hydrogens (tertiary/aromatic N) is 4. The molecule has 0 radical (unpaired) electrons. The zero-order valence-electron chi connectivity index (χ0n) is 16.5. The number of carbonyl (C=O) groups is 1. The van der Waals surface area contributed by atoms with Crippen LogP contribution in [0.15, 0.2) is 17.3 Å². The molecule has 142 valence electrons. The van der Waals surface area contributed by atoms with E-state index >= 15 is 0 Å². The van der Waals surface area contributed by atoms with Gasteiger partial charge < -0.3 is 10.3 Å². The average Bonchev–Trinajstić information content (AvgIpc) is 2.75. The van der Waals surface area contributed by atoms with E-state index in [1.54, 1.807) is 6.92 Å². The van der Waals surface area contributed by atoms with Gasteiger partial charge in [-0.15, -0.1) is 0 Å². The first-order valence-electron chi connectivity index (χ1n) is 8.88. The molecule has 0 aliphatic carbocycles. The predicted octanol–water partition coefficient (Wildman–Crippen LogP) is 3.18. The Morgan fingerprint density at radius 1 is 1.19 bits per heavy atom. The Morgan fingerprint density at radius 2 is 1.78 bits per heavy atom. The highest BCUT2D eigenvalue weighted by atomic mass is 16.4. The van der Waals surface area contributed by atoms with Gasteiger partial charge in [0.05, 0.1) is 11.3 Å². The van der Waals surface area contributed by atoms with Crippen LogP contribution in [0.2, 0.25) is 0 Å². The molecule has 0 bridgehead atoms. The second kappa shape index (κ2) is 6.42. The second-order valence-corrected chi connectivity index (χ2v) is 7.18. The number of benzene rings is 1. The van der Waals surface area contributed by atoms with Gasteiger partial charge in [0, 0.05) is 0 Å². The number of fused-ring (bicyclic) bond motifs is 1. The Bertz CT molecular complexity index is 956. The lowest BCUT2D eigenvalue weighted by Crippen LogP contribution is -2.36. The van der Waals surface area contributed by atoms with Gasteiger partial charge in [-0.2, -0.15) is 0 Å². The van der Waals surface area contributed by atoms with Crippen molar-refractivity contribution in [3.63, 3.8) is 0 Å². The van der Waals surface area contributed by atoms with Gasteiger partial charge in [0.15, 0.2) is 11.4 Å². The molecule has 2 aromatic rings. The highest BCUT2D eigenvalue weighted by molar-refractivity contribution is 6.14. The van der Waals surface area contributed by atoms with E-state index in [2.05, 4.69) is 15.1 Å². The van der Waals surface area contributed by atoms with Crippen LogP contribution in [-0.4, -0.2) is 31.9 Å². The standard InChI is InChI=1S/C20H24N4O3/c1-7-14(23-27)16-15-18(22-13(5)21-16)24(19(25)20(15,6)26)17-11(3)8-10(2)9-12(17)4/h8-9,26-27H,7H2,1-6H3/b23-14-. The summed E-state index contributed by atoms with van der Waals surface area (Å²) >= 11 is 0. The highest BCUT2D eigenvalue weighted by Gasteiger charge is 2.51. The van der Waals surface area contributed by atoms with Crippen molar-refractivity contribution < 1.29 is 15.1 Å². The number of carbonyl (C=O) groups excluding carboxylic acids is 1. The van der Waals surface area contributed by atoms with Crippen LogP contribution in [0.1, 0.15) is 54.0 Å². The molecule has 0 saturated carbocycles. The molecule has 1 aromatic carbocycles. The lowest BCUT2D eigenvalue weighted by Gasteiger charge is -2.23. The summed E-state index contributed by atoms with van der Waals surface area (Å²) < 4.78 is 0. The van der Waals surface area contributed by atoms with Gasteiger partial charge in [-0.05, 0) is 52.2 Å². The normalized spacial score (nSPS) is 19.6. The van der Waals surface area contributed by atoms with E-state index in [1.807, 2.05) is 39.8 Å². The molecule has 0 fully saturated rings. The van der Waals surface area contributed by atoms with E-state index in [9.17, 15) is 15.1 Å². The minimum atomic E-state index is -1.83. The number of anilines is 2. The molecule has 2 heterocycles. The minimum absolute atomic E-state index is 0.270. The SMILES string of the molecule is CC/C(=N/O)c1nc(C)nc2c1C(C)(O)C(=O)N2c1c(C)cc(C)cc1C. The van der Waals surface area contributed by atoms with Crippen molar-refractivity contribution in [2.75, 3.05) is 4.90 Å². The van der Waals surface area contributed by atoms with Gasteiger partial charge in [-0.25, -0.2) is 9.97 Å². The molecule has 2 N–H and O–H groups in total. The number of amides is 1. The van der Waals surface area contributed by atoms with Crippen molar-refractivity contribution in [2.45, 2.75) is 53.6 Å². The molecule has 1 amide bonds. The van der Waals surface area contributed by atoms with E-state index in [-0.39, 0.29) is 5.56 Å². The fourth-order valence-electron chi connectivity index (χ4n) is 3.82. The van der Waals surface area contributed by atoms with Gasteiger partial charge in [0.25, 0.3) is 5.91 Å². The Kier molecular flexibility index (Phi) is 4.51. The van der Waals surface area contributed by atoms with Crippen LogP contribution in [0.25, 0.3) is 0 Å². The highest BCUT2D eigenvalue weighted by Crippen LogP contribution is 2.46. The zero-order valence-corrected chi connectivity index (χ0v) is 16.5. The Morgan fingerprint density at radius 3 is 2.30 bits per heavy atom. The summed E-state index contributed by atoms with van der Waals surface area (Å²) in [7, 11) is 0. The third kappa shape index (κ3) is 2.78. The van der Waals surface area contributed by atoms with Gasteiger partial charge in [0.1, 0.15) is 17.2 Å². The molecule has 1 aliphatic heterocycles. The van der Waals surface area contributed by atoms with Crippen LogP contribution in [0.3, 0.4) is 0 Å². The first kappa shape index (κ1) is 19.0. The van der Waals surface area contributed by atoms with Crippen molar-refractivity contribution in [1.29, 1.82) is 0 Å². The van der Waals surface area contributed by atoms with Gasteiger partial charge in [0.2, 0.25) is 0 Å². The van der Waals surface area contributed by atoms with Crippen LogP contribution in [0.4, 0.5) is 11.5 Å². The fraction of sp³-hybridized carbons (Fsp3) is 0.400. The summed E-state index contributed by atoms with van der Waals surface area (Å²) in [6.07, 6.45) is 0.395. The average molecular weight is 368 g/mol. The van der Waals surface area contributed by atoms with E-state index < -0.39 is 11.5 Å². The third-order valence-corrected chi connectivity index (χ3v) is 4.91. The Balaban J connectivity index is 2.38. The number of rotatable bonds is 3. The third-order valence-electron chi connectivity index (χ3n) is 4.91. The van der Waals surface area contributed by atoms with Gasteiger partial charge in [-0.1, -0.05) is 29.8 Å². The summed E-state index contributed by atoms with van der Waals surface area (Å²) in [5.74, 6) is 0.260. The molecular formula is C20H24N4O3. The van der Waals surface area contributed by atoms with E-state index in [1.165, 1.54) is 11.8 Å². The number of hydrogen-bond acceptors (Lipinski definition) is 6. The smallest absolute Gasteiger partial charge is 0.269 e. The molecule has 7 heteroatoms. The summed E-state index contributed by atoms with van der Waals surface area (Å²) in [5, 5.41) is 23.8. The van der Waals surface area contributed by atoms with Crippen molar-refractivity contribution in [2.24, 2.45) is 5.16 Å². The van der Waals surface area contributed by atoms with E-state index in [4.69, 9.17) is 0 Å². The molecule has 1 atom stereocenters. The van der Waals surface area contributed by atoms with Crippen LogP contribution in [-0.2, 0) is 10.4 Å². The first-order chi connectivity index (χ1) is 12.6. The Labute approximate surface area is 158 Å². The van der Waals surface area contributed by atoms with Crippen LogP contribution < -0.4 is 4.90 Å². The number of aromatic nitrogens is 2. The molecular weight excluding hydrogens is 344 g/mol. The molecule has 1 unspecified atom stereocenters. The number of hydrogen-bond donors (Lipinski definition) is 2. The first-order valence-corrected chi connectivity index (χ1v) is 8.88. The molecule has 1 aliphatic rings. The number of aliphatic hydroxyl groups is 1. The lowest BCUT2D eigenvalue weighted by molar-refractivity contribution is -0.133. The van der Waals surface area contributed by atoms with Crippen molar-refractivity contribution in [3.05, 3.63) is 45.9 Å². The molecule has 7 nitrogen and oxygen atoms in total. The topological polar surface area (TPSA) is 98.9 Å². The van der Waals surface area contributed by atoms with Crippen LogP contribution in [0, 0.1) is 27.7 Å². The van der Waals surface area contributed by atoms with Crippen molar-refractivity contribution in [3.8, 4) is 0 Å². The monoisotopic (exact) mass is 368 g/mol. The predicted molar refractivity (Wildman–Crippen MR) is 103 cm³/mol. The minimum Gasteiger partial charge on any atom is -0.411 e. The fourth-order valence-corrected chi connectivity index (χ4v) is 3.82. The maximum absolute atomic E-state index is 13.2. The Hall–Kier alpha value is -2.80. The second-order valence-electron chi connectivity index (χ2n) is 7.18. The maximum Gasteiger partial charge on any atom is 0.269 e. The molecule has 27 heavy (non-hydrogen) atoms. The van der Waals surface area contributed by atoms with Gasteiger partial charge >= 0.3 is 0 Å².